The molecule has 7 heteroatoms. The molecule has 2 atom stereocenters. The van der Waals surface area contributed by atoms with Crippen molar-refractivity contribution in [1.82, 2.24) is 15.1 Å². The van der Waals surface area contributed by atoms with E-state index in [-0.39, 0.29) is 17.2 Å². The molecule has 0 bridgehead atoms. The van der Waals surface area contributed by atoms with Crippen LogP contribution >= 0.6 is 11.8 Å². The van der Waals surface area contributed by atoms with E-state index in [1.807, 2.05) is 0 Å². The fourth-order valence-corrected chi connectivity index (χ4v) is 5.23. The van der Waals surface area contributed by atoms with Crippen molar-refractivity contribution < 1.29 is 14.3 Å². The van der Waals surface area contributed by atoms with Gasteiger partial charge in [-0.05, 0) is 56.6 Å². The lowest BCUT2D eigenvalue weighted by molar-refractivity contribution is -0.124. The number of carbonyl (C=O) groups excluding carboxylic acids is 2. The Balaban J connectivity index is 1.61. The highest BCUT2D eigenvalue weighted by Crippen LogP contribution is 2.33. The molecule has 0 aliphatic carbocycles. The number of rotatable bonds is 7. The van der Waals surface area contributed by atoms with E-state index >= 15 is 0 Å². The molecule has 0 spiro atoms. The van der Waals surface area contributed by atoms with Crippen molar-refractivity contribution in [2.45, 2.75) is 44.0 Å². The summed E-state index contributed by atoms with van der Waals surface area (Å²) in [6, 6.07) is 6.69. The topological polar surface area (TPSA) is 61.9 Å². The molecule has 6 nitrogen and oxygen atoms in total. The molecule has 1 N–H and O–H groups in total. The summed E-state index contributed by atoms with van der Waals surface area (Å²) in [4.78, 5) is 30.1. The van der Waals surface area contributed by atoms with Gasteiger partial charge in [0.05, 0.1) is 12.5 Å². The Labute approximate surface area is 172 Å². The van der Waals surface area contributed by atoms with Crippen LogP contribution in [0.25, 0.3) is 0 Å². The number of hydrogen-bond acceptors (Lipinski definition) is 5. The Bertz CT molecular complexity index is 661. The number of ether oxygens (including phenoxy) is 1. The SMILES string of the molecule is CCC1SCC(C(=O)NCCN2CCCCC2)N1C(=O)c1ccc(OC)cc1. The monoisotopic (exact) mass is 405 g/mol. The van der Waals surface area contributed by atoms with Crippen LogP contribution in [0.4, 0.5) is 0 Å². The second-order valence-electron chi connectivity index (χ2n) is 7.35. The lowest BCUT2D eigenvalue weighted by atomic mass is 10.1. The van der Waals surface area contributed by atoms with Gasteiger partial charge in [0, 0.05) is 24.4 Å². The highest BCUT2D eigenvalue weighted by molar-refractivity contribution is 8.00. The average Bonchev–Trinajstić information content (AvgIpc) is 3.18. The Morgan fingerprint density at radius 3 is 2.54 bits per heavy atom. The normalized spacial score (nSPS) is 22.9. The van der Waals surface area contributed by atoms with Gasteiger partial charge in [0.1, 0.15) is 11.8 Å². The van der Waals surface area contributed by atoms with Gasteiger partial charge < -0.3 is 19.9 Å². The summed E-state index contributed by atoms with van der Waals surface area (Å²) in [5, 5.41) is 3.10. The zero-order valence-corrected chi connectivity index (χ0v) is 17.7. The van der Waals surface area contributed by atoms with Crippen molar-refractivity contribution in [3.8, 4) is 5.75 Å². The van der Waals surface area contributed by atoms with Crippen LogP contribution in [0.3, 0.4) is 0 Å². The molecule has 1 aromatic rings. The number of carbonyl (C=O) groups is 2. The lowest BCUT2D eigenvalue weighted by Crippen LogP contribution is -2.50. The van der Waals surface area contributed by atoms with E-state index in [0.29, 0.717) is 23.6 Å². The fraction of sp³-hybridized carbons (Fsp3) is 0.619. The van der Waals surface area contributed by atoms with E-state index < -0.39 is 6.04 Å². The number of methoxy groups -OCH3 is 1. The molecule has 2 aliphatic heterocycles. The van der Waals surface area contributed by atoms with Crippen LogP contribution < -0.4 is 10.1 Å². The summed E-state index contributed by atoms with van der Waals surface area (Å²) < 4.78 is 5.17. The van der Waals surface area contributed by atoms with Crippen LogP contribution in [0.2, 0.25) is 0 Å². The summed E-state index contributed by atoms with van der Waals surface area (Å²) in [7, 11) is 1.60. The number of piperidine rings is 1. The number of nitrogens with zero attached hydrogens (tertiary/aromatic N) is 2. The maximum absolute atomic E-state index is 13.1. The first-order valence-corrected chi connectivity index (χ1v) is 11.3. The number of amides is 2. The minimum absolute atomic E-state index is 0.0347. The first kappa shape index (κ1) is 21.0. The summed E-state index contributed by atoms with van der Waals surface area (Å²) in [5.41, 5.74) is 0.591. The van der Waals surface area contributed by atoms with Gasteiger partial charge in [0.2, 0.25) is 5.91 Å². The first-order chi connectivity index (χ1) is 13.6. The van der Waals surface area contributed by atoms with Crippen molar-refractivity contribution >= 4 is 23.6 Å². The van der Waals surface area contributed by atoms with Gasteiger partial charge in [-0.25, -0.2) is 0 Å². The van der Waals surface area contributed by atoms with Crippen LogP contribution in [-0.2, 0) is 4.79 Å². The Kier molecular flexibility index (Phi) is 7.62. The average molecular weight is 406 g/mol. The van der Waals surface area contributed by atoms with Crippen LogP contribution in [0, 0.1) is 0 Å². The molecule has 2 aliphatic rings. The quantitative estimate of drug-likeness (QED) is 0.756. The van der Waals surface area contributed by atoms with Gasteiger partial charge in [-0.3, -0.25) is 9.59 Å². The van der Waals surface area contributed by atoms with Crippen molar-refractivity contribution in [3.63, 3.8) is 0 Å². The van der Waals surface area contributed by atoms with E-state index in [1.165, 1.54) is 19.3 Å². The van der Waals surface area contributed by atoms with Crippen LogP contribution in [-0.4, -0.2) is 72.1 Å². The minimum Gasteiger partial charge on any atom is -0.497 e. The highest BCUT2D eigenvalue weighted by Gasteiger charge is 2.40. The number of thioether (sulfide) groups is 1. The Morgan fingerprint density at radius 1 is 1.18 bits per heavy atom. The van der Waals surface area contributed by atoms with Crippen LogP contribution in [0.5, 0.6) is 5.75 Å². The maximum Gasteiger partial charge on any atom is 0.255 e. The third kappa shape index (κ3) is 5.00. The van der Waals surface area contributed by atoms with E-state index in [2.05, 4.69) is 17.1 Å². The summed E-state index contributed by atoms with van der Waals surface area (Å²) in [5.74, 6) is 1.24. The molecule has 2 unspecified atom stereocenters. The molecule has 0 radical (unpaired) electrons. The van der Waals surface area contributed by atoms with E-state index in [4.69, 9.17) is 4.74 Å². The lowest BCUT2D eigenvalue weighted by Gasteiger charge is -2.29. The van der Waals surface area contributed by atoms with Crippen molar-refractivity contribution in [3.05, 3.63) is 29.8 Å². The smallest absolute Gasteiger partial charge is 0.255 e. The van der Waals surface area contributed by atoms with E-state index in [9.17, 15) is 9.59 Å². The molecule has 2 saturated heterocycles. The highest BCUT2D eigenvalue weighted by atomic mass is 32.2. The summed E-state index contributed by atoms with van der Waals surface area (Å²) in [6.45, 7) is 5.82. The fourth-order valence-electron chi connectivity index (χ4n) is 3.87. The molecular formula is C21H31N3O3S. The standard InChI is InChI=1S/C21H31N3O3S/c1-3-19-24(21(26)16-7-9-17(27-2)10-8-16)18(15-28-19)20(25)22-11-14-23-12-5-4-6-13-23/h7-10,18-19H,3-6,11-15H2,1-2H3,(H,22,25). The predicted octanol–water partition coefficient (Wildman–Crippen LogP) is 2.59. The molecule has 1 aromatic carbocycles. The van der Waals surface area contributed by atoms with Crippen LogP contribution in [0.15, 0.2) is 24.3 Å². The predicted molar refractivity (Wildman–Crippen MR) is 113 cm³/mol. The van der Waals surface area contributed by atoms with Crippen LogP contribution in [0.1, 0.15) is 43.0 Å². The largest absolute Gasteiger partial charge is 0.497 e. The third-order valence-electron chi connectivity index (χ3n) is 5.49. The molecule has 2 fully saturated rings. The van der Waals surface area contributed by atoms with Crippen molar-refractivity contribution in [1.29, 1.82) is 0 Å². The molecular weight excluding hydrogens is 374 g/mol. The van der Waals surface area contributed by atoms with Gasteiger partial charge in [-0.15, -0.1) is 11.8 Å². The molecule has 154 valence electrons. The third-order valence-corrected chi connectivity index (χ3v) is 6.95. The number of hydrogen-bond donors (Lipinski definition) is 1. The summed E-state index contributed by atoms with van der Waals surface area (Å²) in [6.07, 6.45) is 4.62. The minimum atomic E-state index is -0.411. The molecule has 2 amide bonds. The zero-order chi connectivity index (χ0) is 19.9. The molecule has 0 saturated carbocycles. The van der Waals surface area contributed by atoms with Crippen molar-refractivity contribution in [2.75, 3.05) is 39.0 Å². The number of benzene rings is 1. The van der Waals surface area contributed by atoms with Gasteiger partial charge in [-0.1, -0.05) is 13.3 Å². The zero-order valence-electron chi connectivity index (χ0n) is 16.9. The van der Waals surface area contributed by atoms with Gasteiger partial charge in [-0.2, -0.15) is 0 Å². The first-order valence-electron chi connectivity index (χ1n) is 10.2. The van der Waals surface area contributed by atoms with Gasteiger partial charge >= 0.3 is 0 Å². The molecule has 3 rings (SSSR count). The van der Waals surface area contributed by atoms with Gasteiger partial charge in [0.15, 0.2) is 0 Å². The molecule has 2 heterocycles. The molecule has 0 aromatic heterocycles. The number of likely N-dealkylation sites (tertiary alicyclic amines) is 1. The summed E-state index contributed by atoms with van der Waals surface area (Å²) >= 11 is 1.69. The van der Waals surface area contributed by atoms with E-state index in [0.717, 1.165) is 26.1 Å². The Morgan fingerprint density at radius 2 is 1.89 bits per heavy atom. The van der Waals surface area contributed by atoms with Gasteiger partial charge in [0.25, 0.3) is 5.91 Å². The second kappa shape index (κ2) is 10.2. The Hall–Kier alpha value is -1.73. The molecule has 28 heavy (non-hydrogen) atoms. The number of nitrogens with one attached hydrogen (secondary N) is 1. The van der Waals surface area contributed by atoms with E-state index in [1.54, 1.807) is 48.0 Å². The maximum atomic E-state index is 13.1. The second-order valence-corrected chi connectivity index (χ2v) is 8.56. The van der Waals surface area contributed by atoms with Crippen molar-refractivity contribution in [2.24, 2.45) is 0 Å².